The predicted octanol–water partition coefficient (Wildman–Crippen LogP) is 4.10. The molecule has 0 bridgehead atoms. The summed E-state index contributed by atoms with van der Waals surface area (Å²) in [5, 5.41) is 0. The summed E-state index contributed by atoms with van der Waals surface area (Å²) in [6.07, 6.45) is -3.59. The molecule has 10 atom stereocenters. The summed E-state index contributed by atoms with van der Waals surface area (Å²) in [7, 11) is 1.61. The van der Waals surface area contributed by atoms with Crippen molar-refractivity contribution in [2.45, 2.75) is 101 Å². The molecule has 4 fully saturated rings. The van der Waals surface area contributed by atoms with Gasteiger partial charge >= 0.3 is 0 Å². The van der Waals surface area contributed by atoms with Gasteiger partial charge in [-0.05, 0) is 26.3 Å². The van der Waals surface area contributed by atoms with Gasteiger partial charge in [-0.25, -0.2) is 0 Å². The molecule has 39 heavy (non-hydrogen) atoms. The van der Waals surface area contributed by atoms with Gasteiger partial charge in [-0.2, -0.15) is 0 Å². The first-order valence-electron chi connectivity index (χ1n) is 13.7. The van der Waals surface area contributed by atoms with E-state index in [1.807, 2.05) is 69.3 Å². The first-order valence-corrected chi connectivity index (χ1v) is 13.7. The van der Waals surface area contributed by atoms with Gasteiger partial charge in [0.15, 0.2) is 24.7 Å². The van der Waals surface area contributed by atoms with E-state index in [1.54, 1.807) is 7.11 Å². The lowest BCUT2D eigenvalue weighted by molar-refractivity contribution is -0.361. The van der Waals surface area contributed by atoms with Gasteiger partial charge in [-0.15, -0.1) is 0 Å². The van der Waals surface area contributed by atoms with Gasteiger partial charge in [0.05, 0.1) is 25.4 Å². The molecule has 2 aromatic rings. The van der Waals surface area contributed by atoms with Gasteiger partial charge in [0, 0.05) is 19.1 Å². The van der Waals surface area contributed by atoms with E-state index in [-0.39, 0.29) is 30.5 Å². The Morgan fingerprint density at radius 2 is 1.59 bits per heavy atom. The van der Waals surface area contributed by atoms with Crippen molar-refractivity contribution in [1.29, 1.82) is 0 Å². The Hall–Kier alpha value is -1.92. The normalized spacial score (nSPS) is 39.6. The number of rotatable bonds is 7. The highest BCUT2D eigenvalue weighted by Gasteiger charge is 2.56. The number of hydrogen-bond acceptors (Lipinski definition) is 9. The van der Waals surface area contributed by atoms with E-state index < -0.39 is 36.9 Å². The maximum atomic E-state index is 6.59. The fraction of sp³-hybridized carbons (Fsp3) is 0.600. The molecule has 9 heteroatoms. The summed E-state index contributed by atoms with van der Waals surface area (Å²) in [6.45, 7) is 6.53. The number of fused-ring (bicyclic) bond motifs is 2. The molecule has 4 saturated heterocycles. The van der Waals surface area contributed by atoms with Crippen molar-refractivity contribution in [1.82, 2.24) is 0 Å². The molecule has 0 aliphatic carbocycles. The van der Waals surface area contributed by atoms with Crippen molar-refractivity contribution in [3.8, 4) is 0 Å². The van der Waals surface area contributed by atoms with Crippen LogP contribution in [0, 0.1) is 0 Å². The molecule has 0 aromatic heterocycles. The highest BCUT2D eigenvalue weighted by molar-refractivity contribution is 5.17. The van der Waals surface area contributed by atoms with Crippen LogP contribution in [0.15, 0.2) is 60.7 Å². The standard InChI is InChI=1S/C30H38O9/c1-18-24(26-27(29(31-4)34-18)39-30(2,3)38-26)36-23-15-21(32-16-19-11-7-5-8-12-19)25-22(35-23)17-33-28(37-25)20-13-9-6-10-14-20/h5-14,18,21-29H,15-17H2,1-4H3/t18-,21+,22+,23?,24-,25-,26+,27+,28?,29+/m0/s1. The maximum Gasteiger partial charge on any atom is 0.186 e. The van der Waals surface area contributed by atoms with E-state index in [4.69, 9.17) is 42.6 Å². The third kappa shape index (κ3) is 5.93. The zero-order valence-corrected chi connectivity index (χ0v) is 22.8. The van der Waals surface area contributed by atoms with Gasteiger partial charge in [0.25, 0.3) is 0 Å². The van der Waals surface area contributed by atoms with E-state index in [0.29, 0.717) is 19.6 Å². The molecule has 0 amide bonds. The Balaban J connectivity index is 1.19. The zero-order valence-electron chi connectivity index (χ0n) is 22.8. The average molecular weight is 543 g/mol. The minimum atomic E-state index is -0.779. The van der Waals surface area contributed by atoms with Crippen LogP contribution in [0.2, 0.25) is 0 Å². The van der Waals surface area contributed by atoms with Crippen LogP contribution in [0.25, 0.3) is 0 Å². The van der Waals surface area contributed by atoms with Crippen molar-refractivity contribution in [2.24, 2.45) is 0 Å². The summed E-state index contributed by atoms with van der Waals surface area (Å²) in [4.78, 5) is 0. The fourth-order valence-corrected chi connectivity index (χ4v) is 5.85. The molecule has 0 saturated carbocycles. The number of benzene rings is 2. The average Bonchev–Trinajstić information content (AvgIpc) is 3.29. The third-order valence-electron chi connectivity index (χ3n) is 7.66. The minimum absolute atomic E-state index is 0.274. The number of hydrogen-bond donors (Lipinski definition) is 0. The highest BCUT2D eigenvalue weighted by atomic mass is 16.8. The van der Waals surface area contributed by atoms with Gasteiger partial charge in [0.2, 0.25) is 0 Å². The van der Waals surface area contributed by atoms with Crippen LogP contribution in [0.5, 0.6) is 0 Å². The molecule has 4 aliphatic rings. The lowest BCUT2D eigenvalue weighted by atomic mass is 9.98. The molecule has 2 aromatic carbocycles. The van der Waals surface area contributed by atoms with Crippen molar-refractivity contribution >= 4 is 0 Å². The summed E-state index contributed by atoms with van der Waals surface area (Å²) in [5.74, 6) is -0.779. The molecule has 4 aliphatic heterocycles. The highest BCUT2D eigenvalue weighted by Crippen LogP contribution is 2.41. The number of methoxy groups -OCH3 is 1. The first kappa shape index (κ1) is 27.3. The van der Waals surface area contributed by atoms with E-state index >= 15 is 0 Å². The second kappa shape index (κ2) is 11.5. The van der Waals surface area contributed by atoms with E-state index in [0.717, 1.165) is 11.1 Å². The van der Waals surface area contributed by atoms with Crippen LogP contribution >= 0.6 is 0 Å². The second-order valence-corrected chi connectivity index (χ2v) is 11.0. The van der Waals surface area contributed by atoms with Crippen molar-refractivity contribution in [2.75, 3.05) is 13.7 Å². The third-order valence-corrected chi connectivity index (χ3v) is 7.66. The Bertz CT molecular complexity index is 1070. The fourth-order valence-electron chi connectivity index (χ4n) is 5.85. The molecular weight excluding hydrogens is 504 g/mol. The summed E-state index contributed by atoms with van der Waals surface area (Å²) in [5.41, 5.74) is 2.05. The quantitative estimate of drug-likeness (QED) is 0.514. The van der Waals surface area contributed by atoms with Crippen molar-refractivity contribution < 1.29 is 42.6 Å². The molecule has 212 valence electrons. The lowest BCUT2D eigenvalue weighted by Crippen LogP contribution is -2.60. The van der Waals surface area contributed by atoms with Crippen LogP contribution in [0.3, 0.4) is 0 Å². The summed E-state index contributed by atoms with van der Waals surface area (Å²) < 4.78 is 56.1. The summed E-state index contributed by atoms with van der Waals surface area (Å²) in [6, 6.07) is 20.0. The Morgan fingerprint density at radius 3 is 2.33 bits per heavy atom. The lowest BCUT2D eigenvalue weighted by Gasteiger charge is -2.47. The smallest absolute Gasteiger partial charge is 0.186 e. The van der Waals surface area contributed by atoms with E-state index in [1.165, 1.54) is 0 Å². The van der Waals surface area contributed by atoms with Crippen LogP contribution in [0.4, 0.5) is 0 Å². The van der Waals surface area contributed by atoms with E-state index in [9.17, 15) is 0 Å². The molecule has 0 spiro atoms. The summed E-state index contributed by atoms with van der Waals surface area (Å²) >= 11 is 0. The predicted molar refractivity (Wildman–Crippen MR) is 138 cm³/mol. The Kier molecular flexibility index (Phi) is 8.05. The maximum absolute atomic E-state index is 6.59. The molecule has 0 N–H and O–H groups in total. The van der Waals surface area contributed by atoms with Crippen molar-refractivity contribution in [3.63, 3.8) is 0 Å². The van der Waals surface area contributed by atoms with Crippen LogP contribution in [0.1, 0.15) is 44.6 Å². The number of ether oxygens (including phenoxy) is 9. The molecule has 0 radical (unpaired) electrons. The molecule has 9 nitrogen and oxygen atoms in total. The Labute approximate surface area is 229 Å². The molecule has 6 rings (SSSR count). The van der Waals surface area contributed by atoms with E-state index in [2.05, 4.69) is 12.1 Å². The van der Waals surface area contributed by atoms with Gasteiger partial charge < -0.3 is 42.6 Å². The monoisotopic (exact) mass is 542 g/mol. The molecule has 2 unspecified atom stereocenters. The van der Waals surface area contributed by atoms with Gasteiger partial charge in [-0.3, -0.25) is 0 Å². The van der Waals surface area contributed by atoms with Crippen LogP contribution < -0.4 is 0 Å². The molecule has 4 heterocycles. The minimum Gasteiger partial charge on any atom is -0.371 e. The van der Waals surface area contributed by atoms with Crippen LogP contribution in [-0.2, 0) is 49.2 Å². The van der Waals surface area contributed by atoms with Gasteiger partial charge in [0.1, 0.15) is 30.5 Å². The second-order valence-electron chi connectivity index (χ2n) is 11.0. The largest absolute Gasteiger partial charge is 0.371 e. The Morgan fingerprint density at radius 1 is 0.872 bits per heavy atom. The van der Waals surface area contributed by atoms with Gasteiger partial charge in [-0.1, -0.05) is 60.7 Å². The zero-order chi connectivity index (χ0) is 27.0. The molecular formula is C30H38O9. The topological polar surface area (TPSA) is 83.1 Å². The van der Waals surface area contributed by atoms with Crippen LogP contribution in [-0.4, -0.2) is 74.8 Å². The SMILES string of the molecule is CO[C@@H]1O[C@@H](C)[C@H](OC2C[C@@H](OCc3ccccc3)[C@@H]3OC(c4ccccc4)OC[C@H]3O2)[C@H]2OC(C)(C)O[C@@H]12. The van der Waals surface area contributed by atoms with Crippen molar-refractivity contribution in [3.05, 3.63) is 71.8 Å². The first-order chi connectivity index (χ1) is 18.9.